The van der Waals surface area contributed by atoms with Crippen molar-refractivity contribution in [2.45, 2.75) is 6.92 Å². The van der Waals surface area contributed by atoms with Crippen molar-refractivity contribution in [2.24, 2.45) is 0 Å². The molecule has 0 unspecified atom stereocenters. The lowest BCUT2D eigenvalue weighted by Gasteiger charge is -2.00. The van der Waals surface area contributed by atoms with Gasteiger partial charge in [-0.05, 0) is 0 Å². The Hall–Kier alpha value is -1.43. The van der Waals surface area contributed by atoms with Crippen LogP contribution in [0.3, 0.4) is 0 Å². The molecule has 0 saturated carbocycles. The van der Waals surface area contributed by atoms with Gasteiger partial charge in [0.25, 0.3) is 5.91 Å². The molecule has 0 aliphatic heterocycles. The molecule has 12 heavy (non-hydrogen) atoms. The number of carbonyl (C=O) groups is 2. The summed E-state index contributed by atoms with van der Waals surface area (Å²) in [6.45, 7) is 1.31. The molecule has 5 nitrogen and oxygen atoms in total. The SMILES string of the molecule is CC(=O)NNC(=O)c1cscn1. The van der Waals surface area contributed by atoms with Gasteiger partial charge in [0, 0.05) is 12.3 Å². The first-order chi connectivity index (χ1) is 5.70. The van der Waals surface area contributed by atoms with Crippen LogP contribution < -0.4 is 10.9 Å². The van der Waals surface area contributed by atoms with Gasteiger partial charge in [-0.2, -0.15) is 0 Å². The van der Waals surface area contributed by atoms with Crippen LogP contribution in [0.4, 0.5) is 0 Å². The first-order valence-electron chi connectivity index (χ1n) is 3.15. The van der Waals surface area contributed by atoms with Gasteiger partial charge in [-0.25, -0.2) is 4.98 Å². The van der Waals surface area contributed by atoms with Crippen LogP contribution in [-0.2, 0) is 4.79 Å². The molecule has 1 aromatic rings. The third-order valence-electron chi connectivity index (χ3n) is 1.02. The zero-order chi connectivity index (χ0) is 8.97. The summed E-state index contributed by atoms with van der Waals surface area (Å²) in [4.78, 5) is 25.2. The summed E-state index contributed by atoms with van der Waals surface area (Å²) in [6.07, 6.45) is 0. The number of nitrogens with zero attached hydrogens (tertiary/aromatic N) is 1. The number of nitrogens with one attached hydrogen (secondary N) is 2. The van der Waals surface area contributed by atoms with E-state index in [1.165, 1.54) is 18.3 Å². The molecule has 0 fully saturated rings. The van der Waals surface area contributed by atoms with Gasteiger partial charge < -0.3 is 0 Å². The van der Waals surface area contributed by atoms with Crippen molar-refractivity contribution in [3.05, 3.63) is 16.6 Å². The topological polar surface area (TPSA) is 71.1 Å². The third kappa shape index (κ3) is 2.31. The third-order valence-corrected chi connectivity index (χ3v) is 1.60. The van der Waals surface area contributed by atoms with Crippen LogP contribution in [0.5, 0.6) is 0 Å². The lowest BCUT2D eigenvalue weighted by molar-refractivity contribution is -0.119. The maximum Gasteiger partial charge on any atom is 0.289 e. The lowest BCUT2D eigenvalue weighted by Crippen LogP contribution is -2.40. The molecule has 2 N–H and O–H groups in total. The highest BCUT2D eigenvalue weighted by molar-refractivity contribution is 7.07. The van der Waals surface area contributed by atoms with E-state index in [1.54, 1.807) is 10.9 Å². The number of hydrazine groups is 1. The molecule has 0 aromatic carbocycles. The lowest BCUT2D eigenvalue weighted by atomic mass is 10.5. The van der Waals surface area contributed by atoms with Gasteiger partial charge in [-0.15, -0.1) is 11.3 Å². The molecule has 2 amide bonds. The van der Waals surface area contributed by atoms with Crippen molar-refractivity contribution < 1.29 is 9.59 Å². The van der Waals surface area contributed by atoms with E-state index in [1.807, 2.05) is 0 Å². The largest absolute Gasteiger partial charge is 0.289 e. The van der Waals surface area contributed by atoms with Gasteiger partial charge in [0.05, 0.1) is 5.51 Å². The minimum atomic E-state index is -0.411. The van der Waals surface area contributed by atoms with E-state index in [0.29, 0.717) is 5.69 Å². The van der Waals surface area contributed by atoms with Crippen molar-refractivity contribution in [1.29, 1.82) is 0 Å². The summed E-state index contributed by atoms with van der Waals surface area (Å²) >= 11 is 1.32. The molecule has 0 atom stereocenters. The second-order valence-corrected chi connectivity index (χ2v) is 2.73. The zero-order valence-electron chi connectivity index (χ0n) is 6.33. The predicted molar refractivity (Wildman–Crippen MR) is 43.4 cm³/mol. The van der Waals surface area contributed by atoms with Crippen LogP contribution in [0.15, 0.2) is 10.9 Å². The van der Waals surface area contributed by atoms with Crippen molar-refractivity contribution in [1.82, 2.24) is 15.8 Å². The number of aromatic nitrogens is 1. The van der Waals surface area contributed by atoms with E-state index < -0.39 is 5.91 Å². The summed E-state index contributed by atoms with van der Waals surface area (Å²) in [5, 5.41) is 1.59. The fourth-order valence-electron chi connectivity index (χ4n) is 0.533. The Morgan fingerprint density at radius 2 is 2.25 bits per heavy atom. The van der Waals surface area contributed by atoms with Crippen molar-refractivity contribution >= 4 is 23.2 Å². The van der Waals surface area contributed by atoms with Crippen LogP contribution in [0, 0.1) is 0 Å². The Kier molecular flexibility index (Phi) is 2.76. The quantitative estimate of drug-likeness (QED) is 0.601. The molecule has 1 heterocycles. The van der Waals surface area contributed by atoms with E-state index >= 15 is 0 Å². The monoisotopic (exact) mass is 185 g/mol. The molecular formula is C6H7N3O2S. The summed E-state index contributed by atoms with van der Waals surface area (Å²) in [7, 11) is 0. The van der Waals surface area contributed by atoms with Crippen LogP contribution in [-0.4, -0.2) is 16.8 Å². The van der Waals surface area contributed by atoms with E-state index in [9.17, 15) is 9.59 Å². The van der Waals surface area contributed by atoms with E-state index in [2.05, 4.69) is 15.8 Å². The Morgan fingerprint density at radius 1 is 1.50 bits per heavy atom. The minimum Gasteiger partial charge on any atom is -0.274 e. The second kappa shape index (κ2) is 3.82. The molecular weight excluding hydrogens is 178 g/mol. The van der Waals surface area contributed by atoms with Crippen LogP contribution in [0.2, 0.25) is 0 Å². The summed E-state index contributed by atoms with van der Waals surface area (Å²) < 4.78 is 0. The van der Waals surface area contributed by atoms with Gasteiger partial charge in [0.2, 0.25) is 5.91 Å². The number of rotatable bonds is 1. The Labute approximate surface area is 72.8 Å². The van der Waals surface area contributed by atoms with E-state index in [0.717, 1.165) is 0 Å². The van der Waals surface area contributed by atoms with E-state index in [-0.39, 0.29) is 5.91 Å². The molecule has 0 aliphatic rings. The molecule has 1 aromatic heterocycles. The maximum absolute atomic E-state index is 11.0. The van der Waals surface area contributed by atoms with Gasteiger partial charge in [-0.1, -0.05) is 0 Å². The zero-order valence-corrected chi connectivity index (χ0v) is 7.14. The van der Waals surface area contributed by atoms with Gasteiger partial charge in [0.15, 0.2) is 0 Å². The van der Waals surface area contributed by atoms with E-state index in [4.69, 9.17) is 0 Å². The summed E-state index contributed by atoms with van der Waals surface area (Å²) in [6, 6.07) is 0. The van der Waals surface area contributed by atoms with Crippen molar-refractivity contribution in [3.8, 4) is 0 Å². The fraction of sp³-hybridized carbons (Fsp3) is 0.167. The average molecular weight is 185 g/mol. The molecule has 0 radical (unpaired) electrons. The molecule has 6 heteroatoms. The van der Waals surface area contributed by atoms with Crippen LogP contribution in [0.1, 0.15) is 17.4 Å². The van der Waals surface area contributed by atoms with Gasteiger partial charge in [-0.3, -0.25) is 20.4 Å². The molecule has 0 aliphatic carbocycles. The number of amides is 2. The molecule has 1 rings (SSSR count). The number of carbonyl (C=O) groups excluding carboxylic acids is 2. The van der Waals surface area contributed by atoms with Crippen LogP contribution in [0.25, 0.3) is 0 Å². The van der Waals surface area contributed by atoms with Gasteiger partial charge in [0.1, 0.15) is 5.69 Å². The number of hydrogen-bond acceptors (Lipinski definition) is 4. The second-order valence-electron chi connectivity index (χ2n) is 2.01. The predicted octanol–water partition coefficient (Wildman–Crippen LogP) is -0.0760. The normalized spacial score (nSPS) is 9.08. The average Bonchev–Trinajstić information content (AvgIpc) is 2.51. The Bertz CT molecular complexity index is 283. The molecule has 0 spiro atoms. The standard InChI is InChI=1S/C6H7N3O2S/c1-4(10)8-9-6(11)5-2-12-3-7-5/h2-3H,1H3,(H,8,10)(H,9,11). The smallest absolute Gasteiger partial charge is 0.274 e. The number of thiazole rings is 1. The molecule has 0 saturated heterocycles. The van der Waals surface area contributed by atoms with Crippen molar-refractivity contribution in [3.63, 3.8) is 0 Å². The molecule has 0 bridgehead atoms. The highest BCUT2D eigenvalue weighted by Crippen LogP contribution is 1.99. The first kappa shape index (κ1) is 8.66. The first-order valence-corrected chi connectivity index (χ1v) is 4.09. The number of hydrogen-bond donors (Lipinski definition) is 2. The van der Waals surface area contributed by atoms with Crippen molar-refractivity contribution in [2.75, 3.05) is 0 Å². The highest BCUT2D eigenvalue weighted by Gasteiger charge is 2.06. The maximum atomic E-state index is 11.0. The summed E-state index contributed by atoms with van der Waals surface area (Å²) in [5.74, 6) is -0.731. The highest BCUT2D eigenvalue weighted by atomic mass is 32.1. The Balaban J connectivity index is 2.45. The fourth-order valence-corrected chi connectivity index (χ4v) is 1.07. The minimum absolute atomic E-state index is 0.300. The Morgan fingerprint density at radius 3 is 2.75 bits per heavy atom. The van der Waals surface area contributed by atoms with Gasteiger partial charge >= 0.3 is 0 Å². The summed E-state index contributed by atoms with van der Waals surface area (Å²) in [5.41, 5.74) is 6.19. The van der Waals surface area contributed by atoms with Crippen LogP contribution >= 0.6 is 11.3 Å². The molecule has 64 valence electrons.